The van der Waals surface area contributed by atoms with Crippen LogP contribution in [0.4, 0.5) is 11.8 Å². The summed E-state index contributed by atoms with van der Waals surface area (Å²) >= 11 is 1.98. The predicted molar refractivity (Wildman–Crippen MR) is 81.6 cm³/mol. The number of hydrogen-bond donors (Lipinski definition) is 2. The Morgan fingerprint density at radius 1 is 1.33 bits per heavy atom. The average Bonchev–Trinajstić information content (AvgIpc) is 2.28. The Balaban J connectivity index is 2.54. The van der Waals surface area contributed by atoms with E-state index in [9.17, 15) is 0 Å². The van der Waals surface area contributed by atoms with E-state index in [-0.39, 0.29) is 0 Å². The van der Waals surface area contributed by atoms with Crippen LogP contribution in [0.3, 0.4) is 0 Å². The number of aryl methyl sites for hydroxylation is 1. The Morgan fingerprint density at radius 3 is 2.78 bits per heavy atom. The van der Waals surface area contributed by atoms with Crippen molar-refractivity contribution in [1.29, 1.82) is 0 Å². The third kappa shape index (κ3) is 5.58. The number of nitrogens with zero attached hydrogens (tertiary/aromatic N) is 2. The molecule has 1 atom stereocenters. The highest BCUT2D eigenvalue weighted by Crippen LogP contribution is 2.13. The summed E-state index contributed by atoms with van der Waals surface area (Å²) in [5, 5.41) is 6.58. The van der Waals surface area contributed by atoms with Crippen molar-refractivity contribution >= 4 is 23.5 Å². The number of aromatic nitrogens is 2. The molecule has 5 heteroatoms. The molecule has 1 heterocycles. The van der Waals surface area contributed by atoms with Crippen molar-refractivity contribution in [2.45, 2.75) is 40.2 Å². The van der Waals surface area contributed by atoms with Gasteiger partial charge in [-0.05, 0) is 38.7 Å². The summed E-state index contributed by atoms with van der Waals surface area (Å²) in [5.41, 5.74) is 0.985. The van der Waals surface area contributed by atoms with E-state index in [1.54, 1.807) is 0 Å². The molecule has 0 amide bonds. The summed E-state index contributed by atoms with van der Waals surface area (Å²) in [6.45, 7) is 9.26. The Bertz CT molecular complexity index is 357. The van der Waals surface area contributed by atoms with Crippen molar-refractivity contribution in [3.05, 3.63) is 11.8 Å². The van der Waals surface area contributed by atoms with E-state index in [0.717, 1.165) is 24.5 Å². The van der Waals surface area contributed by atoms with Gasteiger partial charge < -0.3 is 10.6 Å². The van der Waals surface area contributed by atoms with Crippen molar-refractivity contribution in [3.63, 3.8) is 0 Å². The Kier molecular flexibility index (Phi) is 6.86. The lowest BCUT2D eigenvalue weighted by Crippen LogP contribution is -2.18. The number of nitrogens with one attached hydrogen (secondary N) is 2. The lowest BCUT2D eigenvalue weighted by atomic mass is 10.2. The Hall–Kier alpha value is -0.970. The molecule has 0 aliphatic heterocycles. The first-order valence-corrected chi connectivity index (χ1v) is 7.75. The van der Waals surface area contributed by atoms with Crippen molar-refractivity contribution in [2.24, 2.45) is 0 Å². The van der Waals surface area contributed by atoms with E-state index < -0.39 is 0 Å². The smallest absolute Gasteiger partial charge is 0.224 e. The summed E-state index contributed by atoms with van der Waals surface area (Å²) in [5.74, 6) is 3.99. The molecule has 102 valence electrons. The van der Waals surface area contributed by atoms with E-state index in [1.165, 1.54) is 11.5 Å². The molecule has 0 saturated carbocycles. The van der Waals surface area contributed by atoms with Crippen LogP contribution in [0.1, 0.15) is 32.9 Å². The zero-order chi connectivity index (χ0) is 13.4. The highest BCUT2D eigenvalue weighted by molar-refractivity contribution is 7.99. The maximum Gasteiger partial charge on any atom is 0.224 e. The van der Waals surface area contributed by atoms with E-state index in [4.69, 9.17) is 0 Å². The van der Waals surface area contributed by atoms with Crippen LogP contribution in [0.2, 0.25) is 0 Å². The lowest BCUT2D eigenvalue weighted by molar-refractivity contribution is 0.765. The van der Waals surface area contributed by atoms with Gasteiger partial charge in [-0.3, -0.25) is 0 Å². The first-order valence-electron chi connectivity index (χ1n) is 6.59. The molecular weight excluding hydrogens is 244 g/mol. The molecule has 1 rings (SSSR count). The molecule has 0 saturated heterocycles. The quantitative estimate of drug-likeness (QED) is 0.709. The van der Waals surface area contributed by atoms with E-state index in [2.05, 4.69) is 34.4 Å². The van der Waals surface area contributed by atoms with Crippen molar-refractivity contribution in [3.8, 4) is 0 Å². The molecule has 1 aromatic heterocycles. The van der Waals surface area contributed by atoms with Gasteiger partial charge in [0.2, 0.25) is 5.95 Å². The van der Waals surface area contributed by atoms with Gasteiger partial charge in [-0.1, -0.05) is 6.92 Å². The van der Waals surface area contributed by atoms with Crippen LogP contribution in [0.5, 0.6) is 0 Å². The second-order valence-electron chi connectivity index (χ2n) is 4.28. The fourth-order valence-electron chi connectivity index (χ4n) is 1.61. The molecule has 2 N–H and O–H groups in total. The van der Waals surface area contributed by atoms with Crippen molar-refractivity contribution in [1.82, 2.24) is 9.97 Å². The largest absolute Gasteiger partial charge is 0.367 e. The Labute approximate surface area is 114 Å². The van der Waals surface area contributed by atoms with Crippen LogP contribution in [-0.2, 0) is 0 Å². The molecule has 4 nitrogen and oxygen atoms in total. The first-order chi connectivity index (χ1) is 8.65. The molecule has 0 spiro atoms. The minimum Gasteiger partial charge on any atom is -0.367 e. The fourth-order valence-corrected chi connectivity index (χ4v) is 2.42. The van der Waals surface area contributed by atoms with Crippen LogP contribution in [0.15, 0.2) is 6.07 Å². The predicted octanol–water partition coefficient (Wildman–Crippen LogP) is 3.16. The molecule has 18 heavy (non-hydrogen) atoms. The third-order valence-electron chi connectivity index (χ3n) is 2.48. The van der Waals surface area contributed by atoms with Crippen LogP contribution in [0, 0.1) is 6.92 Å². The van der Waals surface area contributed by atoms with E-state index in [0.29, 0.717) is 12.0 Å². The second kappa shape index (κ2) is 8.19. The topological polar surface area (TPSA) is 49.8 Å². The fraction of sp³-hybridized carbons (Fsp3) is 0.692. The zero-order valence-corrected chi connectivity index (χ0v) is 12.6. The van der Waals surface area contributed by atoms with Crippen molar-refractivity contribution in [2.75, 3.05) is 28.7 Å². The summed E-state index contributed by atoms with van der Waals surface area (Å²) in [4.78, 5) is 8.79. The van der Waals surface area contributed by atoms with Gasteiger partial charge in [0.1, 0.15) is 5.82 Å². The van der Waals surface area contributed by atoms with Gasteiger partial charge in [0.15, 0.2) is 0 Å². The van der Waals surface area contributed by atoms with Gasteiger partial charge in [-0.2, -0.15) is 16.7 Å². The maximum atomic E-state index is 4.45. The number of anilines is 2. The van der Waals surface area contributed by atoms with Crippen LogP contribution >= 0.6 is 11.8 Å². The molecule has 0 aliphatic rings. The van der Waals surface area contributed by atoms with Crippen LogP contribution in [-0.4, -0.2) is 34.1 Å². The van der Waals surface area contributed by atoms with Gasteiger partial charge in [-0.25, -0.2) is 4.98 Å². The monoisotopic (exact) mass is 268 g/mol. The molecular formula is C13H24N4S. The SMILES string of the molecule is CCNc1nc(C)cc(NC(C)CCSCC)n1. The summed E-state index contributed by atoms with van der Waals surface area (Å²) in [6, 6.07) is 2.43. The standard InChI is InChI=1S/C13H24N4S/c1-5-14-13-16-11(4)9-12(17-13)15-10(3)7-8-18-6-2/h9-10H,5-8H2,1-4H3,(H2,14,15,16,17). The molecule has 1 aromatic rings. The third-order valence-corrected chi connectivity index (χ3v) is 3.42. The van der Waals surface area contributed by atoms with Gasteiger partial charge in [0, 0.05) is 24.3 Å². The number of hydrogen-bond acceptors (Lipinski definition) is 5. The van der Waals surface area contributed by atoms with Gasteiger partial charge in [0.05, 0.1) is 0 Å². The molecule has 0 fully saturated rings. The van der Waals surface area contributed by atoms with Crippen molar-refractivity contribution < 1.29 is 0 Å². The first kappa shape index (κ1) is 15.1. The Morgan fingerprint density at radius 2 is 2.11 bits per heavy atom. The maximum absolute atomic E-state index is 4.45. The minimum absolute atomic E-state index is 0.438. The van der Waals surface area contributed by atoms with E-state index >= 15 is 0 Å². The molecule has 0 aromatic carbocycles. The minimum atomic E-state index is 0.438. The molecule has 0 bridgehead atoms. The van der Waals surface area contributed by atoms with Crippen LogP contribution in [0.25, 0.3) is 0 Å². The molecule has 0 aliphatic carbocycles. The van der Waals surface area contributed by atoms with Gasteiger partial charge >= 0.3 is 0 Å². The normalized spacial score (nSPS) is 12.2. The highest BCUT2D eigenvalue weighted by atomic mass is 32.2. The average molecular weight is 268 g/mol. The molecule has 1 unspecified atom stereocenters. The summed E-state index contributed by atoms with van der Waals surface area (Å²) < 4.78 is 0. The summed E-state index contributed by atoms with van der Waals surface area (Å²) in [6.07, 6.45) is 1.15. The number of thioether (sulfide) groups is 1. The van der Waals surface area contributed by atoms with Crippen LogP contribution < -0.4 is 10.6 Å². The highest BCUT2D eigenvalue weighted by Gasteiger charge is 2.05. The van der Waals surface area contributed by atoms with E-state index in [1.807, 2.05) is 31.7 Å². The molecule has 0 radical (unpaired) electrons. The zero-order valence-electron chi connectivity index (χ0n) is 11.8. The summed E-state index contributed by atoms with van der Waals surface area (Å²) in [7, 11) is 0. The lowest BCUT2D eigenvalue weighted by Gasteiger charge is -2.15. The van der Waals surface area contributed by atoms with Gasteiger partial charge in [-0.15, -0.1) is 0 Å². The van der Waals surface area contributed by atoms with Gasteiger partial charge in [0.25, 0.3) is 0 Å². The number of rotatable bonds is 8. The second-order valence-corrected chi connectivity index (χ2v) is 5.67.